The van der Waals surface area contributed by atoms with Crippen LogP contribution in [0.25, 0.3) is 0 Å². The first-order valence-electron chi connectivity index (χ1n) is 8.37. The smallest absolute Gasteiger partial charge is 0.220 e. The van der Waals surface area contributed by atoms with Gasteiger partial charge in [0.15, 0.2) is 11.6 Å². The summed E-state index contributed by atoms with van der Waals surface area (Å²) in [5.74, 6) is 0.641. The molecule has 1 fully saturated rings. The van der Waals surface area contributed by atoms with Crippen molar-refractivity contribution in [3.63, 3.8) is 0 Å². The minimum Gasteiger partial charge on any atom is -0.494 e. The molecule has 0 spiro atoms. The van der Waals surface area contributed by atoms with Crippen LogP contribution in [0.1, 0.15) is 31.2 Å². The summed E-state index contributed by atoms with van der Waals surface area (Å²) in [6.45, 7) is 0.647. The van der Waals surface area contributed by atoms with Gasteiger partial charge in [0, 0.05) is 30.7 Å². The molecule has 138 valence electrons. The number of thioether (sulfide) groups is 1. The summed E-state index contributed by atoms with van der Waals surface area (Å²) in [4.78, 5) is 23.8. The number of halogens is 1. The fourth-order valence-corrected chi connectivity index (χ4v) is 3.43. The van der Waals surface area contributed by atoms with Gasteiger partial charge >= 0.3 is 0 Å². The number of rotatable bonds is 9. The van der Waals surface area contributed by atoms with E-state index in [0.29, 0.717) is 38.6 Å². The molecule has 7 heteroatoms. The number of ether oxygens (including phenoxy) is 1. The van der Waals surface area contributed by atoms with E-state index in [1.54, 1.807) is 23.9 Å². The average Bonchev–Trinajstić information content (AvgIpc) is 2.96. The van der Waals surface area contributed by atoms with Gasteiger partial charge in [0.2, 0.25) is 11.8 Å². The van der Waals surface area contributed by atoms with E-state index < -0.39 is 11.4 Å². The van der Waals surface area contributed by atoms with E-state index >= 15 is 0 Å². The summed E-state index contributed by atoms with van der Waals surface area (Å²) < 4.78 is 18.6. The molecule has 0 aliphatic carbocycles. The molecule has 2 N–H and O–H groups in total. The SMILES string of the molecule is COc1cc(C[C@]2(CCC(=O)NCCSC)CCC(=O)N2)ccc1F. The molecule has 25 heavy (non-hydrogen) atoms. The Balaban J connectivity index is 2.02. The van der Waals surface area contributed by atoms with Gasteiger partial charge < -0.3 is 15.4 Å². The van der Waals surface area contributed by atoms with Gasteiger partial charge in [0.25, 0.3) is 0 Å². The van der Waals surface area contributed by atoms with Gasteiger partial charge in [0.1, 0.15) is 0 Å². The molecular weight excluding hydrogens is 343 g/mol. The summed E-state index contributed by atoms with van der Waals surface area (Å²) in [6.07, 6.45) is 4.58. The molecule has 1 saturated heterocycles. The highest BCUT2D eigenvalue weighted by atomic mass is 32.2. The zero-order valence-corrected chi connectivity index (χ0v) is 15.5. The summed E-state index contributed by atoms with van der Waals surface area (Å²) in [5, 5.41) is 5.92. The van der Waals surface area contributed by atoms with Crippen molar-refractivity contribution in [2.24, 2.45) is 0 Å². The largest absolute Gasteiger partial charge is 0.494 e. The first-order chi connectivity index (χ1) is 12.0. The van der Waals surface area contributed by atoms with Crippen LogP contribution in [0.15, 0.2) is 18.2 Å². The van der Waals surface area contributed by atoms with Gasteiger partial charge in [-0.3, -0.25) is 9.59 Å². The maximum atomic E-state index is 13.6. The number of benzene rings is 1. The third-order valence-corrected chi connectivity index (χ3v) is 5.06. The molecule has 1 atom stereocenters. The molecule has 1 aliphatic heterocycles. The molecule has 0 unspecified atom stereocenters. The summed E-state index contributed by atoms with van der Waals surface area (Å²) in [7, 11) is 1.42. The number of amides is 2. The predicted molar refractivity (Wildman–Crippen MR) is 97.4 cm³/mol. The van der Waals surface area contributed by atoms with Crippen LogP contribution in [0.4, 0.5) is 4.39 Å². The molecule has 0 saturated carbocycles. The number of hydrogen-bond donors (Lipinski definition) is 2. The van der Waals surface area contributed by atoms with E-state index in [9.17, 15) is 14.0 Å². The second kappa shape index (κ2) is 9.08. The number of nitrogens with one attached hydrogen (secondary N) is 2. The molecular formula is C18H25FN2O3S. The molecule has 1 heterocycles. The highest BCUT2D eigenvalue weighted by Crippen LogP contribution is 2.31. The van der Waals surface area contributed by atoms with Crippen molar-refractivity contribution in [3.8, 4) is 5.75 Å². The minimum atomic E-state index is -0.462. The fraction of sp³-hybridized carbons (Fsp3) is 0.556. The van der Waals surface area contributed by atoms with E-state index in [1.165, 1.54) is 13.2 Å². The van der Waals surface area contributed by atoms with E-state index in [2.05, 4.69) is 10.6 Å². The Morgan fingerprint density at radius 1 is 1.48 bits per heavy atom. The normalized spacial score (nSPS) is 19.6. The average molecular weight is 368 g/mol. The summed E-state index contributed by atoms with van der Waals surface area (Å²) in [5.41, 5.74) is 0.416. The van der Waals surface area contributed by atoms with Crippen LogP contribution in [0.2, 0.25) is 0 Å². The van der Waals surface area contributed by atoms with Crippen molar-refractivity contribution in [1.29, 1.82) is 0 Å². The highest BCUT2D eigenvalue weighted by molar-refractivity contribution is 7.98. The molecule has 2 rings (SSSR count). The van der Waals surface area contributed by atoms with E-state index in [1.807, 2.05) is 6.26 Å². The molecule has 1 aromatic carbocycles. The zero-order chi connectivity index (χ0) is 18.3. The second-order valence-corrected chi connectivity index (χ2v) is 7.30. The number of carbonyl (C=O) groups excluding carboxylic acids is 2. The minimum absolute atomic E-state index is 0.00290. The van der Waals surface area contributed by atoms with E-state index in [0.717, 1.165) is 11.3 Å². The van der Waals surface area contributed by atoms with Gasteiger partial charge in [-0.05, 0) is 43.2 Å². The van der Waals surface area contributed by atoms with Crippen molar-refractivity contribution in [2.45, 2.75) is 37.6 Å². The number of hydrogen-bond acceptors (Lipinski definition) is 4. The van der Waals surface area contributed by atoms with Gasteiger partial charge in [-0.25, -0.2) is 4.39 Å². The van der Waals surface area contributed by atoms with Crippen molar-refractivity contribution in [2.75, 3.05) is 25.7 Å². The van der Waals surface area contributed by atoms with Crippen LogP contribution >= 0.6 is 11.8 Å². The molecule has 2 amide bonds. The van der Waals surface area contributed by atoms with Crippen LogP contribution in [0, 0.1) is 5.82 Å². The Labute approximate surface area is 152 Å². The van der Waals surface area contributed by atoms with E-state index in [4.69, 9.17) is 4.74 Å². The van der Waals surface area contributed by atoms with Crippen molar-refractivity contribution in [1.82, 2.24) is 10.6 Å². The van der Waals surface area contributed by atoms with E-state index in [-0.39, 0.29) is 17.6 Å². The maximum Gasteiger partial charge on any atom is 0.220 e. The monoisotopic (exact) mass is 368 g/mol. The van der Waals surface area contributed by atoms with Crippen molar-refractivity contribution in [3.05, 3.63) is 29.6 Å². The van der Waals surface area contributed by atoms with Crippen LogP contribution < -0.4 is 15.4 Å². The van der Waals surface area contributed by atoms with Crippen molar-refractivity contribution < 1.29 is 18.7 Å². The zero-order valence-electron chi connectivity index (χ0n) is 14.7. The first-order valence-corrected chi connectivity index (χ1v) is 9.76. The van der Waals surface area contributed by atoms with Crippen molar-refractivity contribution >= 4 is 23.6 Å². The number of carbonyl (C=O) groups is 2. The van der Waals surface area contributed by atoms with Gasteiger partial charge in [0.05, 0.1) is 7.11 Å². The lowest BCUT2D eigenvalue weighted by atomic mass is 9.85. The lowest BCUT2D eigenvalue weighted by Crippen LogP contribution is -2.44. The van der Waals surface area contributed by atoms with Crippen LogP contribution in [-0.2, 0) is 16.0 Å². The molecule has 0 radical (unpaired) electrons. The Hall–Kier alpha value is -1.76. The summed E-state index contributed by atoms with van der Waals surface area (Å²) >= 11 is 1.68. The van der Waals surface area contributed by atoms with Crippen LogP contribution in [-0.4, -0.2) is 43.0 Å². The fourth-order valence-electron chi connectivity index (χ4n) is 3.12. The first kappa shape index (κ1) is 19.6. The predicted octanol–water partition coefficient (Wildman–Crippen LogP) is 2.29. The summed E-state index contributed by atoms with van der Waals surface area (Å²) in [6, 6.07) is 4.72. The third kappa shape index (κ3) is 5.63. The molecule has 1 aromatic rings. The topological polar surface area (TPSA) is 67.4 Å². The van der Waals surface area contributed by atoms with Gasteiger partial charge in [-0.2, -0.15) is 11.8 Å². The molecule has 5 nitrogen and oxygen atoms in total. The maximum absolute atomic E-state index is 13.6. The Bertz CT molecular complexity index is 626. The van der Waals surface area contributed by atoms with Crippen LogP contribution in [0.5, 0.6) is 5.75 Å². The third-order valence-electron chi connectivity index (χ3n) is 4.45. The second-order valence-electron chi connectivity index (χ2n) is 6.32. The Kier molecular flexibility index (Phi) is 7.11. The lowest BCUT2D eigenvalue weighted by molar-refractivity contribution is -0.122. The molecule has 1 aliphatic rings. The number of methoxy groups -OCH3 is 1. The lowest BCUT2D eigenvalue weighted by Gasteiger charge is -2.29. The quantitative estimate of drug-likeness (QED) is 0.656. The van der Waals surface area contributed by atoms with Gasteiger partial charge in [-0.15, -0.1) is 0 Å². The molecule has 0 aromatic heterocycles. The van der Waals surface area contributed by atoms with Gasteiger partial charge in [-0.1, -0.05) is 6.07 Å². The Morgan fingerprint density at radius 2 is 2.28 bits per heavy atom. The van der Waals surface area contributed by atoms with Crippen LogP contribution in [0.3, 0.4) is 0 Å². The standard InChI is InChI=1S/C18H25FN2O3S/c1-24-15-11-13(3-4-14(15)19)12-18(8-6-17(23)21-18)7-5-16(22)20-9-10-25-2/h3-4,11H,5-10,12H2,1-2H3,(H,20,22)(H,21,23)/t18-/m0/s1. The Morgan fingerprint density at radius 3 is 2.92 bits per heavy atom. The molecule has 0 bridgehead atoms. The highest BCUT2D eigenvalue weighted by Gasteiger charge is 2.38.